The van der Waals surface area contributed by atoms with Gasteiger partial charge in [-0.2, -0.15) is 0 Å². The van der Waals surface area contributed by atoms with Gasteiger partial charge in [-0.1, -0.05) is 114 Å². The van der Waals surface area contributed by atoms with Gasteiger partial charge in [0.05, 0.1) is 5.70 Å². The van der Waals surface area contributed by atoms with Gasteiger partial charge in [0.25, 0.3) is 0 Å². The van der Waals surface area contributed by atoms with E-state index >= 15 is 0 Å². The second kappa shape index (κ2) is 25.8. The van der Waals surface area contributed by atoms with Gasteiger partial charge in [-0.15, -0.1) is 6.58 Å². The van der Waals surface area contributed by atoms with E-state index in [1.54, 1.807) is 6.20 Å². The van der Waals surface area contributed by atoms with E-state index in [4.69, 9.17) is 0 Å². The molecule has 2 aromatic carbocycles. The Hall–Kier alpha value is -3.14. The number of nitrogens with zero attached hydrogens (tertiary/aromatic N) is 1. The molecule has 0 radical (unpaired) electrons. The highest BCUT2D eigenvalue weighted by atomic mass is 16.1. The van der Waals surface area contributed by atoms with E-state index in [0.717, 1.165) is 48.5 Å². The Bertz CT molecular complexity index is 913. The van der Waals surface area contributed by atoms with Crippen molar-refractivity contribution in [3.8, 4) is 0 Å². The molecule has 0 heterocycles. The Balaban J connectivity index is 0.000000654. The highest BCUT2D eigenvalue weighted by molar-refractivity contribution is 5.64. The molecule has 228 valence electrons. The summed E-state index contributed by atoms with van der Waals surface area (Å²) in [7, 11) is 1.92. The molecule has 41 heavy (non-hydrogen) atoms. The molecule has 0 aliphatic heterocycles. The summed E-state index contributed by atoms with van der Waals surface area (Å²) in [6.45, 7) is 18.2. The second-order valence-corrected chi connectivity index (χ2v) is 10.1. The second-order valence-electron chi connectivity index (χ2n) is 10.1. The molecule has 2 fully saturated rings. The van der Waals surface area contributed by atoms with Crippen molar-refractivity contribution in [1.82, 2.24) is 5.32 Å². The fraction of sp³-hybridized carbons (Fsp3) is 0.514. The summed E-state index contributed by atoms with van der Waals surface area (Å²) in [4.78, 5) is 14.0. The minimum atomic E-state index is 0.406. The van der Waals surface area contributed by atoms with Crippen molar-refractivity contribution < 1.29 is 4.79 Å². The molecule has 0 bridgehead atoms. The molecule has 2 N–H and O–H groups in total. The summed E-state index contributed by atoms with van der Waals surface area (Å²) >= 11 is 0. The zero-order chi connectivity index (χ0) is 30.7. The van der Waals surface area contributed by atoms with Crippen molar-refractivity contribution in [2.75, 3.05) is 12.4 Å². The van der Waals surface area contributed by atoms with Crippen molar-refractivity contribution in [3.63, 3.8) is 0 Å². The number of anilines is 1. The van der Waals surface area contributed by atoms with Crippen LogP contribution in [0.1, 0.15) is 109 Å². The number of allylic oxidation sites excluding steroid dienone is 1. The first-order valence-electron chi connectivity index (χ1n) is 15.9. The summed E-state index contributed by atoms with van der Waals surface area (Å²) in [6.07, 6.45) is 18.2. The number of aliphatic imine (C=N–C) groups is 1. The van der Waals surface area contributed by atoms with Crippen LogP contribution in [0, 0.1) is 18.8 Å². The number of rotatable bonds is 8. The topological polar surface area (TPSA) is 53.5 Å². The number of benzene rings is 2. The van der Waals surface area contributed by atoms with Crippen LogP contribution in [0.25, 0.3) is 5.70 Å². The predicted molar refractivity (Wildman–Crippen MR) is 184 cm³/mol. The number of nitrogens with one attached hydrogen (secondary N) is 2. The van der Waals surface area contributed by atoms with Crippen molar-refractivity contribution in [3.05, 3.63) is 84.1 Å². The summed E-state index contributed by atoms with van der Waals surface area (Å²) in [5.74, 6) is 1.26. The van der Waals surface area contributed by atoms with E-state index in [0.29, 0.717) is 5.92 Å². The Kier molecular flexibility index (Phi) is 23.8. The van der Waals surface area contributed by atoms with Crippen molar-refractivity contribution in [1.29, 1.82) is 0 Å². The number of carbonyl (C=O) groups is 1. The first-order chi connectivity index (χ1) is 20.1. The molecule has 2 aromatic rings. The highest BCUT2D eigenvalue weighted by Gasteiger charge is 2.10. The minimum absolute atomic E-state index is 0.406. The third kappa shape index (κ3) is 17.3. The van der Waals surface area contributed by atoms with E-state index in [-0.39, 0.29) is 0 Å². The third-order valence-electron chi connectivity index (χ3n) is 7.13. The maximum absolute atomic E-state index is 10.2. The van der Waals surface area contributed by atoms with Crippen LogP contribution < -0.4 is 10.6 Å². The van der Waals surface area contributed by atoms with Gasteiger partial charge in [0.15, 0.2) is 0 Å². The van der Waals surface area contributed by atoms with Gasteiger partial charge in [0.1, 0.15) is 6.29 Å². The SMILES string of the molecule is C=CC1CCCCC1.C=N/C=C(\NCc1ccc(NC)cc1)c1ccc(C)cc1.CC.CC.O=CC1CCCCC1. The summed E-state index contributed by atoms with van der Waals surface area (Å²) in [6, 6.07) is 16.7. The molecule has 0 amide bonds. The van der Waals surface area contributed by atoms with Crippen LogP contribution >= 0.6 is 0 Å². The summed E-state index contributed by atoms with van der Waals surface area (Å²) < 4.78 is 0. The fourth-order valence-corrected chi connectivity index (χ4v) is 4.67. The van der Waals surface area contributed by atoms with Crippen LogP contribution in [0.2, 0.25) is 0 Å². The quantitative estimate of drug-likeness (QED) is 0.191. The molecule has 4 heteroatoms. The number of aryl methyl sites for hydroxylation is 1. The first kappa shape index (κ1) is 37.9. The maximum Gasteiger partial charge on any atom is 0.123 e. The van der Waals surface area contributed by atoms with Crippen LogP contribution in [0.15, 0.2) is 72.4 Å². The first-order valence-corrected chi connectivity index (χ1v) is 15.9. The van der Waals surface area contributed by atoms with Gasteiger partial charge >= 0.3 is 0 Å². The van der Waals surface area contributed by atoms with Gasteiger partial charge in [0.2, 0.25) is 0 Å². The number of hydrogen-bond donors (Lipinski definition) is 2. The standard InChI is InChI=1S/C18H21N3.C8H14.C7H12O.2C2H6/c1-14-4-8-16(9-5-14)18(13-19-2)21-12-15-6-10-17(20-3)11-7-15;1-2-8-6-4-3-5-7-8;8-6-7-4-2-1-3-5-7;2*1-2/h4-11,13,20-21H,2,12H2,1,3H3;2,8H,1,3-7H2;6-7H,1-5H2;2*1-2H3/b18-13-;;;;. The van der Waals surface area contributed by atoms with Crippen molar-refractivity contribution in [2.45, 2.75) is 105 Å². The highest BCUT2D eigenvalue weighted by Crippen LogP contribution is 2.23. The summed E-state index contributed by atoms with van der Waals surface area (Å²) in [5.41, 5.74) is 5.66. The normalized spacial score (nSPS) is 14.9. The largest absolute Gasteiger partial charge is 0.388 e. The van der Waals surface area contributed by atoms with Gasteiger partial charge in [-0.25, -0.2) is 0 Å². The minimum Gasteiger partial charge on any atom is -0.388 e. The van der Waals surface area contributed by atoms with Crippen molar-refractivity contribution in [2.24, 2.45) is 16.8 Å². The molecule has 0 atom stereocenters. The van der Waals surface area contributed by atoms with Crippen LogP contribution in [0.3, 0.4) is 0 Å². The van der Waals surface area contributed by atoms with Crippen LogP contribution in [0.4, 0.5) is 5.69 Å². The molecule has 2 saturated carbocycles. The van der Waals surface area contributed by atoms with E-state index in [9.17, 15) is 4.79 Å². The fourth-order valence-electron chi connectivity index (χ4n) is 4.67. The third-order valence-corrected chi connectivity index (χ3v) is 7.13. The zero-order valence-corrected chi connectivity index (χ0v) is 27.1. The molecular formula is C37H59N3O. The smallest absolute Gasteiger partial charge is 0.123 e. The van der Waals surface area contributed by atoms with Crippen LogP contribution in [0.5, 0.6) is 0 Å². The van der Waals surface area contributed by atoms with E-state index in [1.807, 2.05) is 34.7 Å². The van der Waals surface area contributed by atoms with Crippen molar-refractivity contribution >= 4 is 24.4 Å². The molecule has 2 aliphatic rings. The average molecular weight is 562 g/mol. The van der Waals surface area contributed by atoms with Gasteiger partial charge in [-0.05, 0) is 68.5 Å². The lowest BCUT2D eigenvalue weighted by Crippen LogP contribution is -2.11. The van der Waals surface area contributed by atoms with Gasteiger partial charge < -0.3 is 15.4 Å². The maximum atomic E-state index is 10.2. The monoisotopic (exact) mass is 561 g/mol. The Morgan fingerprint density at radius 2 is 1.34 bits per heavy atom. The Morgan fingerprint density at radius 3 is 1.73 bits per heavy atom. The Labute approximate surface area is 252 Å². The van der Waals surface area contributed by atoms with E-state index in [1.165, 1.54) is 62.5 Å². The average Bonchev–Trinajstić information content (AvgIpc) is 3.07. The molecule has 0 aromatic heterocycles. The molecular weight excluding hydrogens is 502 g/mol. The lowest BCUT2D eigenvalue weighted by Gasteiger charge is -2.16. The molecule has 4 rings (SSSR count). The molecule has 0 spiro atoms. The Morgan fingerprint density at radius 1 is 0.829 bits per heavy atom. The van der Waals surface area contributed by atoms with E-state index < -0.39 is 0 Å². The number of hydrogen-bond acceptors (Lipinski definition) is 4. The molecule has 2 aliphatic carbocycles. The molecule has 0 unspecified atom stereocenters. The lowest BCUT2D eigenvalue weighted by molar-refractivity contribution is -0.111. The molecule has 0 saturated heterocycles. The van der Waals surface area contributed by atoms with Crippen LogP contribution in [-0.2, 0) is 11.3 Å². The van der Waals surface area contributed by atoms with Crippen LogP contribution in [-0.4, -0.2) is 20.1 Å². The zero-order valence-electron chi connectivity index (χ0n) is 27.1. The number of aldehydes is 1. The predicted octanol–water partition coefficient (Wildman–Crippen LogP) is 10.4. The van der Waals surface area contributed by atoms with Gasteiger partial charge in [0, 0.05) is 31.4 Å². The number of carbonyl (C=O) groups excluding carboxylic acids is 1. The summed E-state index contributed by atoms with van der Waals surface area (Å²) in [5, 5.41) is 6.53. The lowest BCUT2D eigenvalue weighted by atomic mass is 9.90. The van der Waals surface area contributed by atoms with E-state index in [2.05, 4.69) is 90.5 Å². The van der Waals surface area contributed by atoms with Gasteiger partial charge in [-0.3, -0.25) is 4.99 Å². The molecule has 4 nitrogen and oxygen atoms in total.